The maximum atomic E-state index is 6.07. The average Bonchev–Trinajstić information content (AvgIpc) is 2.09. The Balaban J connectivity index is 3.12. The summed E-state index contributed by atoms with van der Waals surface area (Å²) in [6, 6.07) is 5.92. The van der Waals surface area contributed by atoms with Gasteiger partial charge in [0.15, 0.2) is 0 Å². The standard InChI is InChI=1S/C11H11Cl/c1-3-6-10-8-5-7-9(4-2)11(10)12/h3-5,7-8H,1-2,6H2. The van der Waals surface area contributed by atoms with E-state index in [4.69, 9.17) is 11.6 Å². The van der Waals surface area contributed by atoms with Gasteiger partial charge in [0.1, 0.15) is 0 Å². The van der Waals surface area contributed by atoms with Crippen molar-refractivity contribution in [3.63, 3.8) is 0 Å². The largest absolute Gasteiger partial charge is 0.103 e. The first-order chi connectivity index (χ1) is 5.79. The summed E-state index contributed by atoms with van der Waals surface area (Å²) in [5, 5.41) is 0.785. The SMILES string of the molecule is C=CCc1cccc(C=C)c1Cl. The van der Waals surface area contributed by atoms with Crippen molar-refractivity contribution in [1.82, 2.24) is 0 Å². The Hall–Kier alpha value is -1.01. The predicted octanol–water partition coefficient (Wildman–Crippen LogP) is 3.71. The molecule has 0 nitrogen and oxygen atoms in total. The Labute approximate surface area is 78.2 Å². The second kappa shape index (κ2) is 4.13. The molecule has 0 radical (unpaired) electrons. The fraction of sp³-hybridized carbons (Fsp3) is 0.0909. The molecule has 0 saturated heterocycles. The highest BCUT2D eigenvalue weighted by atomic mass is 35.5. The molecule has 0 saturated carbocycles. The number of benzene rings is 1. The molecule has 0 amide bonds. The molecule has 1 aromatic carbocycles. The number of rotatable bonds is 3. The topological polar surface area (TPSA) is 0 Å². The van der Waals surface area contributed by atoms with Crippen molar-refractivity contribution in [2.45, 2.75) is 6.42 Å². The van der Waals surface area contributed by atoms with Crippen LogP contribution in [0.4, 0.5) is 0 Å². The smallest absolute Gasteiger partial charge is 0.0513 e. The van der Waals surface area contributed by atoms with Crippen molar-refractivity contribution < 1.29 is 0 Å². The van der Waals surface area contributed by atoms with E-state index in [1.807, 2.05) is 24.3 Å². The lowest BCUT2D eigenvalue weighted by atomic mass is 10.1. The third kappa shape index (κ3) is 1.77. The summed E-state index contributed by atoms with van der Waals surface area (Å²) in [6.07, 6.45) is 4.41. The Bertz CT molecular complexity index is 300. The van der Waals surface area contributed by atoms with E-state index in [-0.39, 0.29) is 0 Å². The summed E-state index contributed by atoms with van der Waals surface area (Å²) < 4.78 is 0. The quantitative estimate of drug-likeness (QED) is 0.619. The molecule has 0 aromatic heterocycles. The molecule has 0 aliphatic carbocycles. The highest BCUT2D eigenvalue weighted by Crippen LogP contribution is 2.22. The monoisotopic (exact) mass is 178 g/mol. The van der Waals surface area contributed by atoms with Crippen molar-refractivity contribution in [2.24, 2.45) is 0 Å². The lowest BCUT2D eigenvalue weighted by Crippen LogP contribution is -1.84. The van der Waals surface area contributed by atoms with E-state index in [0.29, 0.717) is 0 Å². The molecule has 0 bridgehead atoms. The molecule has 1 heteroatoms. The third-order valence-electron chi connectivity index (χ3n) is 1.69. The molecular formula is C11H11Cl. The summed E-state index contributed by atoms with van der Waals surface area (Å²) >= 11 is 6.07. The first-order valence-electron chi connectivity index (χ1n) is 3.80. The molecule has 0 spiro atoms. The van der Waals surface area contributed by atoms with Crippen LogP contribution in [0, 0.1) is 0 Å². The van der Waals surface area contributed by atoms with Crippen LogP contribution in [0.25, 0.3) is 6.08 Å². The van der Waals surface area contributed by atoms with Gasteiger partial charge in [-0.25, -0.2) is 0 Å². The molecule has 62 valence electrons. The van der Waals surface area contributed by atoms with E-state index in [9.17, 15) is 0 Å². The summed E-state index contributed by atoms with van der Waals surface area (Å²) in [6.45, 7) is 7.35. The molecule has 0 aliphatic heterocycles. The van der Waals surface area contributed by atoms with Gasteiger partial charge in [0.25, 0.3) is 0 Å². The van der Waals surface area contributed by atoms with Gasteiger partial charge in [-0.2, -0.15) is 0 Å². The maximum Gasteiger partial charge on any atom is 0.0513 e. The average molecular weight is 179 g/mol. The minimum absolute atomic E-state index is 0.785. The third-order valence-corrected chi connectivity index (χ3v) is 2.15. The predicted molar refractivity (Wildman–Crippen MR) is 55.4 cm³/mol. The fourth-order valence-electron chi connectivity index (χ4n) is 1.07. The van der Waals surface area contributed by atoms with Crippen LogP contribution in [0.2, 0.25) is 5.02 Å². The molecule has 0 heterocycles. The van der Waals surface area contributed by atoms with Crippen LogP contribution in [0.1, 0.15) is 11.1 Å². The van der Waals surface area contributed by atoms with Gasteiger partial charge in [0, 0.05) is 0 Å². The number of hydrogen-bond donors (Lipinski definition) is 0. The molecule has 1 aromatic rings. The van der Waals surface area contributed by atoms with Crippen molar-refractivity contribution in [3.8, 4) is 0 Å². The Kier molecular flexibility index (Phi) is 3.12. The summed E-state index contributed by atoms with van der Waals surface area (Å²) in [5.74, 6) is 0. The van der Waals surface area contributed by atoms with Gasteiger partial charge >= 0.3 is 0 Å². The maximum absolute atomic E-state index is 6.07. The fourth-order valence-corrected chi connectivity index (χ4v) is 1.35. The molecule has 0 unspecified atom stereocenters. The molecule has 0 atom stereocenters. The van der Waals surface area contributed by atoms with Gasteiger partial charge in [-0.1, -0.05) is 48.5 Å². The number of hydrogen-bond acceptors (Lipinski definition) is 0. The zero-order chi connectivity index (χ0) is 8.97. The first-order valence-corrected chi connectivity index (χ1v) is 4.18. The Morgan fingerprint density at radius 1 is 1.33 bits per heavy atom. The lowest BCUT2D eigenvalue weighted by molar-refractivity contribution is 1.27. The van der Waals surface area contributed by atoms with Gasteiger partial charge in [-0.15, -0.1) is 6.58 Å². The Morgan fingerprint density at radius 3 is 2.67 bits per heavy atom. The summed E-state index contributed by atoms with van der Waals surface area (Å²) in [4.78, 5) is 0. The molecule has 0 fully saturated rings. The first kappa shape index (κ1) is 9.08. The molecule has 12 heavy (non-hydrogen) atoms. The van der Waals surface area contributed by atoms with Crippen molar-refractivity contribution >= 4 is 17.7 Å². The number of allylic oxidation sites excluding steroid dienone is 1. The second-order valence-corrected chi connectivity index (χ2v) is 2.90. The Morgan fingerprint density at radius 2 is 2.08 bits per heavy atom. The van der Waals surface area contributed by atoms with E-state index in [1.165, 1.54) is 0 Å². The van der Waals surface area contributed by atoms with Gasteiger partial charge in [-0.3, -0.25) is 0 Å². The minimum Gasteiger partial charge on any atom is -0.103 e. The van der Waals surface area contributed by atoms with Crippen molar-refractivity contribution in [2.75, 3.05) is 0 Å². The van der Waals surface area contributed by atoms with E-state index in [1.54, 1.807) is 6.08 Å². The van der Waals surface area contributed by atoms with Crippen molar-refractivity contribution in [3.05, 3.63) is 53.6 Å². The summed E-state index contributed by atoms with van der Waals surface area (Å²) in [5.41, 5.74) is 2.08. The molecule has 1 rings (SSSR count). The molecule has 0 N–H and O–H groups in total. The van der Waals surface area contributed by atoms with Crippen molar-refractivity contribution in [1.29, 1.82) is 0 Å². The lowest BCUT2D eigenvalue weighted by Gasteiger charge is -2.03. The van der Waals surface area contributed by atoms with Crippen LogP contribution < -0.4 is 0 Å². The minimum atomic E-state index is 0.785. The van der Waals surface area contributed by atoms with E-state index < -0.39 is 0 Å². The van der Waals surface area contributed by atoms with Crippen LogP contribution in [0.15, 0.2) is 37.4 Å². The number of halogens is 1. The van der Waals surface area contributed by atoms with Gasteiger partial charge in [0.05, 0.1) is 5.02 Å². The van der Waals surface area contributed by atoms with Crippen LogP contribution in [-0.4, -0.2) is 0 Å². The second-order valence-electron chi connectivity index (χ2n) is 2.52. The van der Waals surface area contributed by atoms with Crippen LogP contribution in [0.3, 0.4) is 0 Å². The zero-order valence-electron chi connectivity index (χ0n) is 6.89. The highest BCUT2D eigenvalue weighted by molar-refractivity contribution is 6.32. The summed E-state index contributed by atoms with van der Waals surface area (Å²) in [7, 11) is 0. The van der Waals surface area contributed by atoms with E-state index in [0.717, 1.165) is 22.6 Å². The zero-order valence-corrected chi connectivity index (χ0v) is 7.64. The van der Waals surface area contributed by atoms with E-state index in [2.05, 4.69) is 13.2 Å². The van der Waals surface area contributed by atoms with Gasteiger partial charge < -0.3 is 0 Å². The van der Waals surface area contributed by atoms with Gasteiger partial charge in [-0.05, 0) is 17.5 Å². The van der Waals surface area contributed by atoms with Crippen LogP contribution in [-0.2, 0) is 6.42 Å². The molecular weight excluding hydrogens is 168 g/mol. The van der Waals surface area contributed by atoms with Crippen LogP contribution >= 0.6 is 11.6 Å². The van der Waals surface area contributed by atoms with Crippen LogP contribution in [0.5, 0.6) is 0 Å². The van der Waals surface area contributed by atoms with Gasteiger partial charge in [0.2, 0.25) is 0 Å². The highest BCUT2D eigenvalue weighted by Gasteiger charge is 2.00. The van der Waals surface area contributed by atoms with E-state index >= 15 is 0 Å². The molecule has 0 aliphatic rings. The normalized spacial score (nSPS) is 9.42.